The SMILES string of the molecule is C=C(C)CNC(=O)[C@@H](N)CC(C)C. The van der Waals surface area contributed by atoms with Crippen molar-refractivity contribution in [2.45, 2.75) is 33.2 Å². The Kier molecular flexibility index (Phi) is 5.39. The Bertz CT molecular complexity index is 187. The number of amides is 1. The summed E-state index contributed by atoms with van der Waals surface area (Å²) in [6.07, 6.45) is 0.724. The zero-order valence-corrected chi connectivity index (χ0v) is 8.76. The first kappa shape index (κ1) is 12.2. The van der Waals surface area contributed by atoms with Gasteiger partial charge in [0.25, 0.3) is 0 Å². The third kappa shape index (κ3) is 6.34. The van der Waals surface area contributed by atoms with Crippen LogP contribution in [0.5, 0.6) is 0 Å². The summed E-state index contributed by atoms with van der Waals surface area (Å²) >= 11 is 0. The summed E-state index contributed by atoms with van der Waals surface area (Å²) < 4.78 is 0. The van der Waals surface area contributed by atoms with Crippen LogP contribution in [0.25, 0.3) is 0 Å². The molecule has 3 nitrogen and oxygen atoms in total. The van der Waals surface area contributed by atoms with Gasteiger partial charge in [0.05, 0.1) is 6.04 Å². The molecule has 3 N–H and O–H groups in total. The van der Waals surface area contributed by atoms with Gasteiger partial charge in [-0.2, -0.15) is 0 Å². The second-order valence-electron chi connectivity index (χ2n) is 3.91. The molecule has 0 fully saturated rings. The van der Waals surface area contributed by atoms with E-state index in [0.717, 1.165) is 12.0 Å². The Morgan fingerprint density at radius 1 is 1.54 bits per heavy atom. The van der Waals surface area contributed by atoms with Gasteiger partial charge in [0.2, 0.25) is 5.91 Å². The van der Waals surface area contributed by atoms with Crippen molar-refractivity contribution in [3.8, 4) is 0 Å². The quantitative estimate of drug-likeness (QED) is 0.627. The molecule has 0 saturated heterocycles. The van der Waals surface area contributed by atoms with E-state index in [1.807, 2.05) is 20.8 Å². The van der Waals surface area contributed by atoms with Crippen LogP contribution >= 0.6 is 0 Å². The molecule has 3 heteroatoms. The monoisotopic (exact) mass is 184 g/mol. The average Bonchev–Trinajstić information content (AvgIpc) is 1.98. The van der Waals surface area contributed by atoms with Crippen molar-refractivity contribution in [2.75, 3.05) is 6.54 Å². The molecule has 13 heavy (non-hydrogen) atoms. The molecule has 0 spiro atoms. The van der Waals surface area contributed by atoms with Crippen LogP contribution in [-0.2, 0) is 4.79 Å². The van der Waals surface area contributed by atoms with Gasteiger partial charge in [0.15, 0.2) is 0 Å². The Balaban J connectivity index is 3.76. The third-order valence-electron chi connectivity index (χ3n) is 1.63. The normalized spacial score (nSPS) is 12.7. The minimum absolute atomic E-state index is 0.0864. The van der Waals surface area contributed by atoms with E-state index in [-0.39, 0.29) is 11.9 Å². The maximum Gasteiger partial charge on any atom is 0.237 e. The van der Waals surface area contributed by atoms with Crippen LogP contribution in [-0.4, -0.2) is 18.5 Å². The van der Waals surface area contributed by atoms with Crippen LogP contribution < -0.4 is 11.1 Å². The third-order valence-corrected chi connectivity index (χ3v) is 1.63. The molecular weight excluding hydrogens is 164 g/mol. The lowest BCUT2D eigenvalue weighted by Crippen LogP contribution is -2.41. The fourth-order valence-electron chi connectivity index (χ4n) is 0.984. The Hall–Kier alpha value is -0.830. The molecule has 0 radical (unpaired) electrons. The van der Waals surface area contributed by atoms with Crippen LogP contribution in [0.15, 0.2) is 12.2 Å². The van der Waals surface area contributed by atoms with E-state index in [0.29, 0.717) is 12.5 Å². The number of nitrogens with one attached hydrogen (secondary N) is 1. The minimum Gasteiger partial charge on any atom is -0.351 e. The van der Waals surface area contributed by atoms with Crippen LogP contribution in [0.1, 0.15) is 27.2 Å². The molecule has 0 bridgehead atoms. The fourth-order valence-corrected chi connectivity index (χ4v) is 0.984. The summed E-state index contributed by atoms with van der Waals surface area (Å²) in [7, 11) is 0. The molecule has 0 rings (SSSR count). The smallest absolute Gasteiger partial charge is 0.237 e. The van der Waals surface area contributed by atoms with E-state index in [1.165, 1.54) is 0 Å². The zero-order valence-electron chi connectivity index (χ0n) is 8.76. The van der Waals surface area contributed by atoms with E-state index >= 15 is 0 Å². The number of carbonyl (C=O) groups excluding carboxylic acids is 1. The van der Waals surface area contributed by atoms with E-state index in [1.54, 1.807) is 0 Å². The standard InChI is InChI=1S/C10H20N2O/c1-7(2)5-9(11)10(13)12-6-8(3)4/h7,9H,3,5-6,11H2,1-2,4H3,(H,12,13)/t9-/m0/s1. The maximum absolute atomic E-state index is 11.3. The van der Waals surface area contributed by atoms with E-state index in [2.05, 4.69) is 11.9 Å². The molecule has 0 aliphatic carbocycles. The van der Waals surface area contributed by atoms with Gasteiger partial charge in [-0.15, -0.1) is 0 Å². The summed E-state index contributed by atoms with van der Waals surface area (Å²) in [5.41, 5.74) is 6.60. The summed E-state index contributed by atoms with van der Waals surface area (Å²) in [6.45, 7) is 10.2. The fraction of sp³-hybridized carbons (Fsp3) is 0.700. The highest BCUT2D eigenvalue weighted by Crippen LogP contribution is 2.02. The Labute approximate surface area is 80.4 Å². The van der Waals surface area contributed by atoms with E-state index in [4.69, 9.17) is 5.73 Å². The average molecular weight is 184 g/mol. The molecule has 0 aromatic heterocycles. The molecule has 1 atom stereocenters. The lowest BCUT2D eigenvalue weighted by atomic mass is 10.0. The summed E-state index contributed by atoms with van der Waals surface area (Å²) in [5, 5.41) is 2.72. The van der Waals surface area contributed by atoms with Crippen molar-refractivity contribution in [3.05, 3.63) is 12.2 Å². The predicted octanol–water partition coefficient (Wildman–Crippen LogP) is 1.05. The molecule has 0 unspecified atom stereocenters. The number of hydrogen-bond acceptors (Lipinski definition) is 2. The van der Waals surface area contributed by atoms with Crippen molar-refractivity contribution in [3.63, 3.8) is 0 Å². The first-order valence-electron chi connectivity index (χ1n) is 4.61. The zero-order chi connectivity index (χ0) is 10.4. The number of hydrogen-bond donors (Lipinski definition) is 2. The van der Waals surface area contributed by atoms with Crippen molar-refractivity contribution >= 4 is 5.91 Å². The highest BCUT2D eigenvalue weighted by atomic mass is 16.2. The summed E-state index contributed by atoms with van der Waals surface area (Å²) in [4.78, 5) is 11.3. The van der Waals surface area contributed by atoms with Crippen molar-refractivity contribution in [1.29, 1.82) is 0 Å². The van der Waals surface area contributed by atoms with Gasteiger partial charge in [0.1, 0.15) is 0 Å². The van der Waals surface area contributed by atoms with Gasteiger partial charge in [-0.1, -0.05) is 26.0 Å². The molecule has 0 aromatic rings. The largest absolute Gasteiger partial charge is 0.351 e. The molecule has 0 saturated carbocycles. The molecular formula is C10H20N2O. The highest BCUT2D eigenvalue weighted by Gasteiger charge is 2.13. The van der Waals surface area contributed by atoms with Crippen LogP contribution in [0.4, 0.5) is 0 Å². The second kappa shape index (κ2) is 5.75. The first-order chi connectivity index (χ1) is 5.93. The summed E-state index contributed by atoms with van der Waals surface area (Å²) in [5.74, 6) is 0.363. The highest BCUT2D eigenvalue weighted by molar-refractivity contribution is 5.81. The van der Waals surface area contributed by atoms with Gasteiger partial charge in [-0.05, 0) is 19.3 Å². The molecule has 0 heterocycles. The van der Waals surface area contributed by atoms with Crippen molar-refractivity contribution in [2.24, 2.45) is 11.7 Å². The van der Waals surface area contributed by atoms with Gasteiger partial charge in [0, 0.05) is 6.54 Å². The first-order valence-corrected chi connectivity index (χ1v) is 4.61. The topological polar surface area (TPSA) is 55.1 Å². The van der Waals surface area contributed by atoms with Gasteiger partial charge in [-0.3, -0.25) is 4.79 Å². The number of rotatable bonds is 5. The van der Waals surface area contributed by atoms with Crippen LogP contribution in [0.2, 0.25) is 0 Å². The van der Waals surface area contributed by atoms with E-state index < -0.39 is 0 Å². The van der Waals surface area contributed by atoms with Crippen LogP contribution in [0, 0.1) is 5.92 Å². The lowest BCUT2D eigenvalue weighted by molar-refractivity contribution is -0.122. The van der Waals surface area contributed by atoms with Crippen molar-refractivity contribution in [1.82, 2.24) is 5.32 Å². The summed E-state index contributed by atoms with van der Waals surface area (Å²) in [6, 6.07) is -0.389. The van der Waals surface area contributed by atoms with Gasteiger partial charge < -0.3 is 11.1 Å². The van der Waals surface area contributed by atoms with Gasteiger partial charge in [-0.25, -0.2) is 0 Å². The second-order valence-corrected chi connectivity index (χ2v) is 3.91. The molecule has 0 aromatic carbocycles. The molecule has 76 valence electrons. The number of carbonyl (C=O) groups is 1. The Morgan fingerprint density at radius 2 is 2.08 bits per heavy atom. The minimum atomic E-state index is -0.389. The predicted molar refractivity (Wildman–Crippen MR) is 55.3 cm³/mol. The van der Waals surface area contributed by atoms with Gasteiger partial charge >= 0.3 is 0 Å². The Morgan fingerprint density at radius 3 is 2.46 bits per heavy atom. The van der Waals surface area contributed by atoms with E-state index in [9.17, 15) is 4.79 Å². The number of nitrogens with two attached hydrogens (primary N) is 1. The maximum atomic E-state index is 11.3. The lowest BCUT2D eigenvalue weighted by Gasteiger charge is -2.13. The molecule has 1 amide bonds. The van der Waals surface area contributed by atoms with Crippen LogP contribution in [0.3, 0.4) is 0 Å². The van der Waals surface area contributed by atoms with Crippen molar-refractivity contribution < 1.29 is 4.79 Å². The molecule has 0 aliphatic rings. The molecule has 0 aliphatic heterocycles.